The number of carbonyl (C=O) groups is 2. The highest BCUT2D eigenvalue weighted by Crippen LogP contribution is 2.21. The quantitative estimate of drug-likeness (QED) is 0.684. The monoisotopic (exact) mass is 249 g/mol. The third-order valence-corrected chi connectivity index (χ3v) is 2.30. The average molecular weight is 249 g/mol. The summed E-state index contributed by atoms with van der Waals surface area (Å²) in [6, 6.07) is 0. The van der Waals surface area contributed by atoms with Crippen molar-refractivity contribution in [1.82, 2.24) is 0 Å². The molecule has 1 aliphatic heterocycles. The topological polar surface area (TPSA) is 82.1 Å². The number of esters is 2. The summed E-state index contributed by atoms with van der Waals surface area (Å²) in [7, 11) is 0. The van der Waals surface area contributed by atoms with Crippen molar-refractivity contribution in [3.63, 3.8) is 0 Å². The van der Waals surface area contributed by atoms with E-state index in [1.807, 2.05) is 0 Å². The van der Waals surface area contributed by atoms with Crippen LogP contribution < -0.4 is 0 Å². The summed E-state index contributed by atoms with van der Waals surface area (Å²) in [5, 5.41) is 9.73. The summed E-state index contributed by atoms with van der Waals surface area (Å²) in [4.78, 5) is 21.3. The zero-order chi connectivity index (χ0) is 13.0. The van der Waals surface area contributed by atoms with Gasteiger partial charge in [-0.3, -0.25) is 9.59 Å². The summed E-state index contributed by atoms with van der Waals surface area (Å²) in [5.41, 5.74) is 0. The highest BCUT2D eigenvalue weighted by atomic mass is 18.2. The van der Waals surface area contributed by atoms with Crippen molar-refractivity contribution in [2.45, 2.75) is 38.3 Å². The Morgan fingerprint density at radius 2 is 2.06 bits per heavy atom. The van der Waals surface area contributed by atoms with Crippen LogP contribution in [0.15, 0.2) is 0 Å². The zero-order valence-corrected chi connectivity index (χ0v) is 9.59. The van der Waals surface area contributed by atoms with Gasteiger partial charge in [-0.05, 0) is 0 Å². The first-order valence-corrected chi connectivity index (χ1v) is 5.16. The number of aliphatic hydroxyl groups excluding tert-OH is 1. The molecule has 17 heavy (non-hydrogen) atoms. The molecule has 1 N–H and O–H groups in total. The van der Waals surface area contributed by atoms with Gasteiger partial charge in [0.2, 0.25) is 0 Å². The maximum Gasteiger partial charge on any atom is 0.303 e. The Kier molecular flexibility index (Phi) is 4.83. The molecule has 1 heterocycles. The number of alkyl halides is 1. The van der Waals surface area contributed by atoms with Gasteiger partial charge in [0.05, 0.1) is 6.61 Å². The third kappa shape index (κ3) is 3.94. The van der Waals surface area contributed by atoms with Gasteiger partial charge in [-0.15, -0.1) is 0 Å². The van der Waals surface area contributed by atoms with E-state index in [1.54, 1.807) is 0 Å². The minimum Gasteiger partial charge on any atom is -0.463 e. The van der Waals surface area contributed by atoms with Crippen LogP contribution in [0.1, 0.15) is 13.8 Å². The maximum atomic E-state index is 13.4. The number of hydrogen-bond acceptors (Lipinski definition) is 6. The van der Waals surface area contributed by atoms with Crippen molar-refractivity contribution in [2.24, 2.45) is 0 Å². The molecule has 98 valence electrons. The second-order valence-electron chi connectivity index (χ2n) is 3.76. The summed E-state index contributed by atoms with van der Waals surface area (Å²) >= 11 is 0. The maximum absolute atomic E-state index is 13.4. The first-order valence-electron chi connectivity index (χ1n) is 5.16. The first kappa shape index (κ1) is 13.9. The predicted molar refractivity (Wildman–Crippen MR) is 52.8 cm³/mol. The SMILES string of the molecule is CC(=O)OC[C@H]1OC[C@H]([18F])[C@H](OC(C)=O)[C@@H]1O. The number of rotatable bonds is 3. The van der Waals surface area contributed by atoms with Crippen LogP contribution in [-0.4, -0.2) is 54.7 Å². The predicted octanol–water partition coefficient (Wildman–Crippen LogP) is -0.421. The van der Waals surface area contributed by atoms with E-state index in [1.165, 1.54) is 6.92 Å². The van der Waals surface area contributed by atoms with E-state index in [4.69, 9.17) is 4.74 Å². The van der Waals surface area contributed by atoms with E-state index in [0.29, 0.717) is 0 Å². The molecule has 1 aliphatic rings. The molecule has 0 unspecified atom stereocenters. The molecular formula is C10H15FO6. The number of aliphatic hydroxyl groups is 1. The van der Waals surface area contributed by atoms with Crippen LogP contribution in [0.4, 0.5) is 4.39 Å². The Hall–Kier alpha value is -1.21. The number of ether oxygens (including phenoxy) is 3. The second-order valence-corrected chi connectivity index (χ2v) is 3.76. The van der Waals surface area contributed by atoms with Crippen molar-refractivity contribution in [3.05, 3.63) is 0 Å². The van der Waals surface area contributed by atoms with Gasteiger partial charge < -0.3 is 19.3 Å². The van der Waals surface area contributed by atoms with E-state index in [9.17, 15) is 19.1 Å². The lowest BCUT2D eigenvalue weighted by Gasteiger charge is -2.35. The molecule has 0 aromatic rings. The molecular weight excluding hydrogens is 234 g/mol. The van der Waals surface area contributed by atoms with E-state index >= 15 is 0 Å². The fourth-order valence-electron chi connectivity index (χ4n) is 1.52. The fourth-order valence-corrected chi connectivity index (χ4v) is 1.52. The van der Waals surface area contributed by atoms with Gasteiger partial charge in [-0.25, -0.2) is 4.39 Å². The van der Waals surface area contributed by atoms with Gasteiger partial charge in [-0.2, -0.15) is 0 Å². The van der Waals surface area contributed by atoms with E-state index < -0.39 is 36.4 Å². The highest BCUT2D eigenvalue weighted by molar-refractivity contribution is 5.66. The van der Waals surface area contributed by atoms with E-state index in [2.05, 4.69) is 9.47 Å². The van der Waals surface area contributed by atoms with Gasteiger partial charge in [0, 0.05) is 13.8 Å². The normalized spacial score (nSPS) is 32.9. The summed E-state index contributed by atoms with van der Waals surface area (Å²) in [6.45, 7) is 1.80. The van der Waals surface area contributed by atoms with Crippen molar-refractivity contribution in [2.75, 3.05) is 13.2 Å². The molecule has 0 bridgehead atoms. The Labute approximate surface area is 97.6 Å². The van der Waals surface area contributed by atoms with Crippen LogP contribution in [0.2, 0.25) is 0 Å². The van der Waals surface area contributed by atoms with Crippen LogP contribution in [-0.2, 0) is 23.8 Å². The molecule has 4 atom stereocenters. The molecule has 0 aromatic heterocycles. The fraction of sp³-hybridized carbons (Fsp3) is 0.800. The zero-order valence-electron chi connectivity index (χ0n) is 9.59. The highest BCUT2D eigenvalue weighted by Gasteiger charge is 2.42. The molecule has 0 spiro atoms. The smallest absolute Gasteiger partial charge is 0.303 e. The molecule has 7 heteroatoms. The Balaban J connectivity index is 2.58. The molecule has 0 aromatic carbocycles. The van der Waals surface area contributed by atoms with E-state index in [0.717, 1.165) is 6.92 Å². The van der Waals surface area contributed by atoms with Crippen LogP contribution in [0, 0.1) is 0 Å². The minimum atomic E-state index is -1.59. The van der Waals surface area contributed by atoms with Crippen LogP contribution in [0.3, 0.4) is 0 Å². The van der Waals surface area contributed by atoms with Crippen molar-refractivity contribution < 1.29 is 33.3 Å². The summed E-state index contributed by atoms with van der Waals surface area (Å²) in [6.07, 6.45) is -5.14. The lowest BCUT2D eigenvalue weighted by molar-refractivity contribution is -0.203. The first-order chi connectivity index (χ1) is 7.91. The van der Waals surface area contributed by atoms with Crippen LogP contribution in [0.5, 0.6) is 0 Å². The number of carbonyl (C=O) groups excluding carboxylic acids is 2. The lowest BCUT2D eigenvalue weighted by Crippen LogP contribution is -2.54. The van der Waals surface area contributed by atoms with Gasteiger partial charge in [0.25, 0.3) is 0 Å². The second kappa shape index (κ2) is 5.92. The number of halogens is 1. The Bertz CT molecular complexity index is 295. The van der Waals surface area contributed by atoms with Gasteiger partial charge in [-0.1, -0.05) is 0 Å². The Morgan fingerprint density at radius 3 is 2.59 bits per heavy atom. The van der Waals surface area contributed by atoms with Crippen LogP contribution >= 0.6 is 0 Å². The molecule has 0 aliphatic carbocycles. The third-order valence-electron chi connectivity index (χ3n) is 2.30. The van der Waals surface area contributed by atoms with Crippen LogP contribution in [0.25, 0.3) is 0 Å². The molecule has 1 saturated heterocycles. The number of hydrogen-bond donors (Lipinski definition) is 1. The van der Waals surface area contributed by atoms with Gasteiger partial charge in [0.1, 0.15) is 18.8 Å². The average Bonchev–Trinajstić information content (AvgIpc) is 2.22. The molecule has 0 radical (unpaired) electrons. The molecule has 0 saturated carbocycles. The summed E-state index contributed by atoms with van der Waals surface area (Å²) in [5.74, 6) is -1.22. The van der Waals surface area contributed by atoms with Crippen molar-refractivity contribution >= 4 is 11.9 Å². The van der Waals surface area contributed by atoms with Crippen molar-refractivity contribution in [3.8, 4) is 0 Å². The molecule has 1 rings (SSSR count). The standard InChI is InChI=1S/C10H15FO6/c1-5(12)15-4-8-9(14)10(17-6(2)13)7(11)3-16-8/h7-10,14H,3-4H2,1-2H3/t7-,8+,9+,10-/m0/s1/i11-1. The van der Waals surface area contributed by atoms with E-state index in [-0.39, 0.29) is 13.2 Å². The lowest BCUT2D eigenvalue weighted by atomic mass is 10.0. The van der Waals surface area contributed by atoms with Gasteiger partial charge in [0.15, 0.2) is 12.3 Å². The molecule has 6 nitrogen and oxygen atoms in total. The molecule has 1 fully saturated rings. The largest absolute Gasteiger partial charge is 0.463 e. The molecule has 0 amide bonds. The Morgan fingerprint density at radius 1 is 1.41 bits per heavy atom. The summed E-state index contributed by atoms with van der Waals surface area (Å²) < 4.78 is 27.7. The minimum absolute atomic E-state index is 0.207. The van der Waals surface area contributed by atoms with Gasteiger partial charge >= 0.3 is 11.9 Å². The van der Waals surface area contributed by atoms with Crippen molar-refractivity contribution in [1.29, 1.82) is 0 Å².